The van der Waals surface area contributed by atoms with Crippen LogP contribution in [-0.4, -0.2) is 33.0 Å². The molecule has 0 saturated carbocycles. The molecule has 0 spiro atoms. The van der Waals surface area contributed by atoms with Crippen molar-refractivity contribution in [2.24, 2.45) is 0 Å². The molecule has 0 amide bonds. The van der Waals surface area contributed by atoms with E-state index in [0.717, 1.165) is 42.4 Å². The quantitative estimate of drug-likeness (QED) is 0.824. The van der Waals surface area contributed by atoms with Crippen LogP contribution < -0.4 is 18.9 Å². The Labute approximate surface area is 153 Å². The number of hydrogen-bond acceptors (Lipinski definition) is 5. The fourth-order valence-electron chi connectivity index (χ4n) is 4.91. The summed E-state index contributed by atoms with van der Waals surface area (Å²) in [5.74, 6) is 3.87. The summed E-state index contributed by atoms with van der Waals surface area (Å²) in [4.78, 5) is 2.43. The van der Waals surface area contributed by atoms with Gasteiger partial charge in [0.25, 0.3) is 0 Å². The van der Waals surface area contributed by atoms with Gasteiger partial charge in [-0.3, -0.25) is 4.90 Å². The van der Waals surface area contributed by atoms with E-state index >= 15 is 0 Å². The molecule has 0 saturated heterocycles. The zero-order valence-electron chi connectivity index (χ0n) is 15.4. The van der Waals surface area contributed by atoms with Crippen molar-refractivity contribution in [3.05, 3.63) is 46.5 Å². The van der Waals surface area contributed by atoms with Gasteiger partial charge in [-0.15, -0.1) is 0 Å². The number of fused-ring (bicyclic) bond motifs is 6. The first-order valence-electron chi connectivity index (χ1n) is 9.07. The molecule has 2 atom stereocenters. The highest BCUT2D eigenvalue weighted by molar-refractivity contribution is 5.56. The lowest BCUT2D eigenvalue weighted by atomic mass is 9.72. The molecular formula is C21H23NO4. The van der Waals surface area contributed by atoms with Crippen LogP contribution in [0, 0.1) is 0 Å². The van der Waals surface area contributed by atoms with Crippen LogP contribution >= 0.6 is 0 Å². The average molecular weight is 353 g/mol. The predicted molar refractivity (Wildman–Crippen MR) is 97.4 cm³/mol. The van der Waals surface area contributed by atoms with E-state index in [4.69, 9.17) is 18.9 Å². The highest BCUT2D eigenvalue weighted by Crippen LogP contribution is 2.53. The fourth-order valence-corrected chi connectivity index (χ4v) is 4.91. The summed E-state index contributed by atoms with van der Waals surface area (Å²) in [6, 6.07) is 8.97. The first-order valence-corrected chi connectivity index (χ1v) is 9.07. The zero-order chi connectivity index (χ0) is 17.8. The van der Waals surface area contributed by atoms with Gasteiger partial charge in [-0.25, -0.2) is 0 Å². The van der Waals surface area contributed by atoms with Crippen LogP contribution in [0.15, 0.2) is 24.3 Å². The molecule has 0 fully saturated rings. The lowest BCUT2D eigenvalue weighted by molar-refractivity contribution is 0.165. The Balaban J connectivity index is 1.63. The van der Waals surface area contributed by atoms with Crippen molar-refractivity contribution in [1.29, 1.82) is 0 Å². The van der Waals surface area contributed by atoms with Crippen LogP contribution in [0.2, 0.25) is 0 Å². The Hall–Kier alpha value is -2.40. The molecule has 2 heterocycles. The van der Waals surface area contributed by atoms with Gasteiger partial charge in [-0.2, -0.15) is 0 Å². The van der Waals surface area contributed by atoms with E-state index in [1.54, 1.807) is 14.2 Å². The van der Waals surface area contributed by atoms with E-state index in [2.05, 4.69) is 30.1 Å². The lowest BCUT2D eigenvalue weighted by Gasteiger charge is -2.44. The van der Waals surface area contributed by atoms with E-state index in [1.165, 1.54) is 22.3 Å². The normalized spacial score (nSPS) is 23.0. The van der Waals surface area contributed by atoms with E-state index < -0.39 is 0 Å². The smallest absolute Gasteiger partial charge is 0.231 e. The number of likely N-dealkylation sites (N-methyl/N-ethyl adjacent to an activating group) is 1. The Morgan fingerprint density at radius 2 is 1.85 bits per heavy atom. The number of hydrogen-bond donors (Lipinski definition) is 0. The topological polar surface area (TPSA) is 40.2 Å². The molecule has 0 bridgehead atoms. The molecule has 0 N–H and O–H groups in total. The maximum absolute atomic E-state index is 5.70. The van der Waals surface area contributed by atoms with E-state index in [0.29, 0.717) is 18.8 Å². The minimum Gasteiger partial charge on any atom is -0.493 e. The van der Waals surface area contributed by atoms with Gasteiger partial charge in [-0.05, 0) is 54.8 Å². The van der Waals surface area contributed by atoms with E-state index in [-0.39, 0.29) is 0 Å². The van der Waals surface area contributed by atoms with Crippen molar-refractivity contribution in [1.82, 2.24) is 4.90 Å². The molecule has 5 nitrogen and oxygen atoms in total. The van der Waals surface area contributed by atoms with E-state index in [9.17, 15) is 0 Å². The molecule has 26 heavy (non-hydrogen) atoms. The summed E-state index contributed by atoms with van der Waals surface area (Å²) in [7, 11) is 5.61. The second-order valence-corrected chi connectivity index (χ2v) is 7.28. The summed E-state index contributed by atoms with van der Waals surface area (Å²) >= 11 is 0. The Morgan fingerprint density at radius 1 is 1.04 bits per heavy atom. The third-order valence-electron chi connectivity index (χ3n) is 6.03. The van der Waals surface area contributed by atoms with Crippen LogP contribution in [0.5, 0.6) is 23.0 Å². The van der Waals surface area contributed by atoms with Crippen LogP contribution in [-0.2, 0) is 13.0 Å². The molecule has 5 heteroatoms. The first-order chi connectivity index (χ1) is 12.7. The number of methoxy groups -OCH3 is 2. The van der Waals surface area contributed by atoms with Gasteiger partial charge in [0.1, 0.15) is 0 Å². The van der Waals surface area contributed by atoms with Crippen molar-refractivity contribution in [2.45, 2.75) is 31.3 Å². The lowest BCUT2D eigenvalue weighted by Crippen LogP contribution is -2.37. The molecule has 3 aliphatic rings. The molecule has 2 aromatic carbocycles. The van der Waals surface area contributed by atoms with Crippen molar-refractivity contribution in [3.8, 4) is 23.0 Å². The van der Waals surface area contributed by atoms with Crippen LogP contribution in [0.4, 0.5) is 0 Å². The van der Waals surface area contributed by atoms with Crippen molar-refractivity contribution in [2.75, 3.05) is 28.1 Å². The maximum Gasteiger partial charge on any atom is 0.231 e. The summed E-state index contributed by atoms with van der Waals surface area (Å²) in [5, 5.41) is 0. The molecule has 2 aromatic rings. The third-order valence-corrected chi connectivity index (χ3v) is 6.03. The SMILES string of the molecule is COc1ccc2c(c1OC)CN(C)[C@H]1c3cc4c(cc3CCC21)OCO4. The molecular weight excluding hydrogens is 330 g/mol. The van der Waals surface area contributed by atoms with Crippen LogP contribution in [0.3, 0.4) is 0 Å². The maximum atomic E-state index is 5.70. The largest absolute Gasteiger partial charge is 0.493 e. The number of benzene rings is 2. The van der Waals surface area contributed by atoms with Gasteiger partial charge < -0.3 is 18.9 Å². The number of nitrogens with zero attached hydrogens (tertiary/aromatic N) is 1. The van der Waals surface area contributed by atoms with Crippen LogP contribution in [0.1, 0.15) is 40.6 Å². The standard InChI is InChI=1S/C21H23NO4/c1-22-10-16-13(6-7-17(23-2)21(16)24-3)14-5-4-12-8-18-19(26-11-25-18)9-15(12)20(14)22/h6-9,14,20H,4-5,10-11H2,1-3H3/t14?,20-/m1/s1. The Morgan fingerprint density at radius 3 is 2.62 bits per heavy atom. The average Bonchev–Trinajstić information content (AvgIpc) is 3.12. The molecule has 5 rings (SSSR count). The number of ether oxygens (including phenoxy) is 4. The van der Waals surface area contributed by atoms with Crippen molar-refractivity contribution in [3.63, 3.8) is 0 Å². The Bertz CT molecular complexity index is 879. The second-order valence-electron chi connectivity index (χ2n) is 7.28. The summed E-state index contributed by atoms with van der Waals surface area (Å²) in [6.45, 7) is 1.16. The Kier molecular flexibility index (Phi) is 3.54. The number of rotatable bonds is 2. The van der Waals surface area contributed by atoms with Gasteiger partial charge >= 0.3 is 0 Å². The summed E-state index contributed by atoms with van der Waals surface area (Å²) in [6.07, 6.45) is 2.17. The van der Waals surface area contributed by atoms with Gasteiger partial charge in [0.2, 0.25) is 6.79 Å². The van der Waals surface area contributed by atoms with Crippen molar-refractivity contribution < 1.29 is 18.9 Å². The van der Waals surface area contributed by atoms with Crippen LogP contribution in [0.25, 0.3) is 0 Å². The monoisotopic (exact) mass is 353 g/mol. The molecule has 2 aliphatic heterocycles. The molecule has 0 aromatic heterocycles. The number of aryl methyl sites for hydroxylation is 1. The van der Waals surface area contributed by atoms with Crippen molar-refractivity contribution >= 4 is 0 Å². The fraction of sp³-hybridized carbons (Fsp3) is 0.429. The third kappa shape index (κ3) is 2.13. The summed E-state index contributed by atoms with van der Waals surface area (Å²) in [5.41, 5.74) is 5.38. The molecule has 136 valence electrons. The highest BCUT2D eigenvalue weighted by atomic mass is 16.7. The van der Waals surface area contributed by atoms with Gasteiger partial charge in [0, 0.05) is 24.1 Å². The van der Waals surface area contributed by atoms with Gasteiger partial charge in [-0.1, -0.05) is 6.07 Å². The van der Waals surface area contributed by atoms with Gasteiger partial charge in [0.05, 0.1) is 14.2 Å². The minimum absolute atomic E-state index is 0.321. The first kappa shape index (κ1) is 15.8. The predicted octanol–water partition coefficient (Wildman–Crippen LogP) is 3.65. The van der Waals surface area contributed by atoms with E-state index in [1.807, 2.05) is 6.07 Å². The molecule has 1 aliphatic carbocycles. The van der Waals surface area contributed by atoms with Gasteiger partial charge in [0.15, 0.2) is 23.0 Å². The summed E-state index contributed by atoms with van der Waals surface area (Å²) < 4.78 is 22.4. The minimum atomic E-state index is 0.321. The molecule has 1 unspecified atom stereocenters. The molecule has 0 radical (unpaired) electrons. The second kappa shape index (κ2) is 5.81. The highest BCUT2D eigenvalue weighted by Gasteiger charge is 2.40. The zero-order valence-corrected chi connectivity index (χ0v) is 15.4.